The minimum atomic E-state index is -0.0209. The number of carbonyl (C=O) groups excluding carboxylic acids is 1. The molecule has 0 aliphatic carbocycles. The van der Waals surface area contributed by atoms with Crippen LogP contribution in [0.2, 0.25) is 0 Å². The number of aromatic nitrogens is 4. The maximum absolute atomic E-state index is 12.3. The van der Waals surface area contributed by atoms with E-state index in [0.717, 1.165) is 29.4 Å². The molecule has 0 unspecified atom stereocenters. The molecule has 4 rings (SSSR count). The number of amides is 2. The lowest BCUT2D eigenvalue weighted by molar-refractivity contribution is 0.194. The predicted octanol–water partition coefficient (Wildman–Crippen LogP) is 1.49. The highest BCUT2D eigenvalue weighted by Crippen LogP contribution is 2.29. The summed E-state index contributed by atoms with van der Waals surface area (Å²) in [7, 11) is 0. The van der Waals surface area contributed by atoms with Crippen molar-refractivity contribution in [2.75, 3.05) is 37.6 Å². The number of hydrogen-bond acceptors (Lipinski definition) is 6. The van der Waals surface area contributed by atoms with Crippen molar-refractivity contribution < 1.29 is 4.79 Å². The minimum absolute atomic E-state index is 0.0209. The van der Waals surface area contributed by atoms with Crippen molar-refractivity contribution in [2.24, 2.45) is 0 Å². The van der Waals surface area contributed by atoms with E-state index in [1.54, 1.807) is 17.5 Å². The van der Waals surface area contributed by atoms with Gasteiger partial charge in [-0.15, -0.1) is 0 Å². The number of anilines is 1. The van der Waals surface area contributed by atoms with Crippen LogP contribution in [0.15, 0.2) is 30.5 Å². The van der Waals surface area contributed by atoms with Gasteiger partial charge in [0.1, 0.15) is 0 Å². The van der Waals surface area contributed by atoms with E-state index in [4.69, 9.17) is 4.98 Å². The Bertz CT molecular complexity index is 806. The zero-order valence-electron chi connectivity index (χ0n) is 13.7. The van der Waals surface area contributed by atoms with Crippen molar-refractivity contribution in [1.82, 2.24) is 30.6 Å². The molecule has 1 aliphatic heterocycles. The van der Waals surface area contributed by atoms with E-state index in [0.29, 0.717) is 26.1 Å². The normalized spacial score (nSPS) is 14.9. The number of rotatable bonds is 4. The molecule has 0 radical (unpaired) electrons. The maximum atomic E-state index is 12.3. The van der Waals surface area contributed by atoms with E-state index in [9.17, 15) is 4.79 Å². The quantitative estimate of drug-likeness (QED) is 0.738. The number of carbonyl (C=O) groups is 1. The number of H-pyrrole nitrogens is 1. The Morgan fingerprint density at radius 1 is 1.24 bits per heavy atom. The molecule has 3 heterocycles. The summed E-state index contributed by atoms with van der Waals surface area (Å²) in [5, 5.41) is 14.3. The summed E-state index contributed by atoms with van der Waals surface area (Å²) in [4.78, 5) is 21.1. The zero-order valence-corrected chi connectivity index (χ0v) is 14.5. The van der Waals surface area contributed by atoms with Crippen LogP contribution < -0.4 is 10.2 Å². The fraction of sp³-hybridized carbons (Fsp3) is 0.375. The summed E-state index contributed by atoms with van der Waals surface area (Å²) in [5.74, 6) is 0. The molecule has 3 aromatic rings. The first-order valence-electron chi connectivity index (χ1n) is 8.27. The fourth-order valence-corrected chi connectivity index (χ4v) is 3.87. The van der Waals surface area contributed by atoms with Crippen molar-refractivity contribution >= 4 is 32.7 Å². The van der Waals surface area contributed by atoms with E-state index >= 15 is 0 Å². The molecule has 25 heavy (non-hydrogen) atoms. The average molecular weight is 357 g/mol. The van der Waals surface area contributed by atoms with Crippen molar-refractivity contribution in [3.63, 3.8) is 0 Å². The number of para-hydroxylation sites is 1. The molecule has 2 N–H and O–H groups in total. The van der Waals surface area contributed by atoms with Gasteiger partial charge < -0.3 is 15.1 Å². The Morgan fingerprint density at radius 3 is 2.84 bits per heavy atom. The standard InChI is InChI=1S/C16H19N7OS/c24-15(17-6-5-12-11-18-21-20-12)22-7-9-23(10-8-22)16-19-13-3-1-2-4-14(13)25-16/h1-4,11H,5-10H2,(H,17,24)(H,18,20,21). The summed E-state index contributed by atoms with van der Waals surface area (Å²) >= 11 is 1.71. The third-order valence-corrected chi connectivity index (χ3v) is 5.34. The molecule has 2 amide bonds. The first-order chi connectivity index (χ1) is 12.3. The van der Waals surface area contributed by atoms with Gasteiger partial charge in [0.05, 0.1) is 22.1 Å². The second-order valence-corrected chi connectivity index (χ2v) is 6.89. The molecule has 9 heteroatoms. The van der Waals surface area contributed by atoms with E-state index in [1.165, 1.54) is 4.70 Å². The molecule has 0 bridgehead atoms. The number of thiazole rings is 1. The Morgan fingerprint density at radius 2 is 2.08 bits per heavy atom. The number of nitrogens with one attached hydrogen (secondary N) is 2. The molecule has 1 fully saturated rings. The number of urea groups is 1. The van der Waals surface area contributed by atoms with Crippen LogP contribution in [0.25, 0.3) is 10.2 Å². The van der Waals surface area contributed by atoms with Crippen LogP contribution in [0.1, 0.15) is 5.69 Å². The van der Waals surface area contributed by atoms with Crippen LogP contribution >= 0.6 is 11.3 Å². The first-order valence-corrected chi connectivity index (χ1v) is 9.09. The molecule has 130 valence electrons. The molecule has 2 aromatic heterocycles. The van der Waals surface area contributed by atoms with Crippen molar-refractivity contribution in [2.45, 2.75) is 6.42 Å². The molecule has 8 nitrogen and oxygen atoms in total. The number of piperazine rings is 1. The van der Waals surface area contributed by atoms with Crippen LogP contribution in [0.5, 0.6) is 0 Å². The SMILES string of the molecule is O=C(NCCc1cn[nH]n1)N1CCN(c2nc3ccccc3s2)CC1. The van der Waals surface area contributed by atoms with Crippen LogP contribution in [-0.2, 0) is 6.42 Å². The molecule has 1 saturated heterocycles. The molecular weight excluding hydrogens is 338 g/mol. The van der Waals surface area contributed by atoms with Crippen molar-refractivity contribution in [3.8, 4) is 0 Å². The van der Waals surface area contributed by atoms with Crippen molar-refractivity contribution in [1.29, 1.82) is 0 Å². The Hall–Kier alpha value is -2.68. The van der Waals surface area contributed by atoms with Crippen LogP contribution in [0.4, 0.5) is 9.93 Å². The van der Waals surface area contributed by atoms with Gasteiger partial charge >= 0.3 is 6.03 Å². The summed E-state index contributed by atoms with van der Waals surface area (Å²) in [6.45, 7) is 3.56. The first kappa shape index (κ1) is 15.8. The summed E-state index contributed by atoms with van der Waals surface area (Å²) in [6, 6.07) is 8.15. The lowest BCUT2D eigenvalue weighted by atomic mass is 10.3. The third-order valence-electron chi connectivity index (χ3n) is 4.24. The van der Waals surface area contributed by atoms with Gasteiger partial charge in [0.2, 0.25) is 0 Å². The molecule has 0 atom stereocenters. The Balaban J connectivity index is 1.28. The van der Waals surface area contributed by atoms with Crippen molar-refractivity contribution in [3.05, 3.63) is 36.2 Å². The smallest absolute Gasteiger partial charge is 0.317 e. The van der Waals surface area contributed by atoms with Gasteiger partial charge in [-0.1, -0.05) is 23.5 Å². The number of hydrogen-bond donors (Lipinski definition) is 2. The number of fused-ring (bicyclic) bond motifs is 1. The van der Waals surface area contributed by atoms with E-state index in [-0.39, 0.29) is 6.03 Å². The highest BCUT2D eigenvalue weighted by molar-refractivity contribution is 7.22. The summed E-state index contributed by atoms with van der Waals surface area (Å²) < 4.78 is 1.20. The highest BCUT2D eigenvalue weighted by atomic mass is 32.1. The van der Waals surface area contributed by atoms with E-state index in [1.807, 2.05) is 23.1 Å². The third kappa shape index (κ3) is 3.55. The van der Waals surface area contributed by atoms with Gasteiger partial charge in [-0.25, -0.2) is 9.78 Å². The van der Waals surface area contributed by atoms with Crippen LogP contribution in [0, 0.1) is 0 Å². The predicted molar refractivity (Wildman–Crippen MR) is 96.9 cm³/mol. The summed E-state index contributed by atoms with van der Waals surface area (Å²) in [5.41, 5.74) is 1.89. The molecule has 1 aliphatic rings. The number of nitrogens with zero attached hydrogens (tertiary/aromatic N) is 5. The van der Waals surface area contributed by atoms with Gasteiger partial charge in [-0.05, 0) is 12.1 Å². The van der Waals surface area contributed by atoms with E-state index in [2.05, 4.69) is 31.7 Å². The monoisotopic (exact) mass is 357 g/mol. The average Bonchev–Trinajstić information content (AvgIpc) is 3.31. The second kappa shape index (κ2) is 7.06. The lowest BCUT2D eigenvalue weighted by Crippen LogP contribution is -2.52. The van der Waals surface area contributed by atoms with Gasteiger partial charge in [-0.3, -0.25) is 0 Å². The topological polar surface area (TPSA) is 90.0 Å². The minimum Gasteiger partial charge on any atom is -0.345 e. The van der Waals surface area contributed by atoms with E-state index < -0.39 is 0 Å². The molecule has 0 saturated carbocycles. The van der Waals surface area contributed by atoms with Gasteiger partial charge in [0, 0.05) is 39.1 Å². The zero-order chi connectivity index (χ0) is 17.1. The largest absolute Gasteiger partial charge is 0.345 e. The molecule has 1 aromatic carbocycles. The van der Waals surface area contributed by atoms with Crippen LogP contribution in [0.3, 0.4) is 0 Å². The Labute approximate surface area is 148 Å². The van der Waals surface area contributed by atoms with Crippen LogP contribution in [-0.4, -0.2) is 64.0 Å². The lowest BCUT2D eigenvalue weighted by Gasteiger charge is -2.34. The fourth-order valence-electron chi connectivity index (χ4n) is 2.85. The maximum Gasteiger partial charge on any atom is 0.317 e. The molecule has 0 spiro atoms. The highest BCUT2D eigenvalue weighted by Gasteiger charge is 2.22. The Kier molecular flexibility index (Phi) is 4.47. The van der Waals surface area contributed by atoms with Gasteiger partial charge in [0.15, 0.2) is 5.13 Å². The van der Waals surface area contributed by atoms with Gasteiger partial charge in [0.25, 0.3) is 0 Å². The number of aromatic amines is 1. The van der Waals surface area contributed by atoms with Gasteiger partial charge in [-0.2, -0.15) is 15.4 Å². The molecular formula is C16H19N7OS. The second-order valence-electron chi connectivity index (χ2n) is 5.88. The number of benzene rings is 1. The summed E-state index contributed by atoms with van der Waals surface area (Å²) in [6.07, 6.45) is 2.34.